The molecular weight excluding hydrogens is 256 g/mol. The first-order valence-corrected chi connectivity index (χ1v) is 7.79. The first-order valence-electron chi connectivity index (χ1n) is 7.79. The Morgan fingerprint density at radius 1 is 0.905 bits per heavy atom. The van der Waals surface area contributed by atoms with Gasteiger partial charge in [0, 0.05) is 31.0 Å². The molecule has 2 nitrogen and oxygen atoms in total. The Balaban J connectivity index is 2.05. The second-order valence-electron chi connectivity index (χ2n) is 5.51. The van der Waals surface area contributed by atoms with Gasteiger partial charge < -0.3 is 10.2 Å². The van der Waals surface area contributed by atoms with E-state index in [0.29, 0.717) is 0 Å². The van der Waals surface area contributed by atoms with Crippen LogP contribution in [0.15, 0.2) is 42.5 Å². The number of aryl methyl sites for hydroxylation is 2. The summed E-state index contributed by atoms with van der Waals surface area (Å²) in [6, 6.07) is 15.4. The Labute approximate surface area is 128 Å². The Bertz CT molecular complexity index is 569. The van der Waals surface area contributed by atoms with Crippen LogP contribution < -0.4 is 10.2 Å². The summed E-state index contributed by atoms with van der Waals surface area (Å²) >= 11 is 0. The van der Waals surface area contributed by atoms with Crippen molar-refractivity contribution in [3.05, 3.63) is 59.2 Å². The van der Waals surface area contributed by atoms with Crippen LogP contribution in [0, 0.1) is 13.8 Å². The molecule has 0 atom stereocenters. The molecule has 0 saturated carbocycles. The predicted octanol–water partition coefficient (Wildman–Crippen LogP) is 4.76. The van der Waals surface area contributed by atoms with Crippen LogP contribution in [0.4, 0.5) is 11.4 Å². The van der Waals surface area contributed by atoms with Crippen molar-refractivity contribution in [1.82, 2.24) is 0 Å². The smallest absolute Gasteiger partial charge is 0.0400 e. The van der Waals surface area contributed by atoms with Crippen molar-refractivity contribution in [1.29, 1.82) is 0 Å². The van der Waals surface area contributed by atoms with Gasteiger partial charge in [0.25, 0.3) is 0 Å². The fourth-order valence-electron chi connectivity index (χ4n) is 2.53. The number of hydrogen-bond acceptors (Lipinski definition) is 2. The van der Waals surface area contributed by atoms with Gasteiger partial charge in [0.1, 0.15) is 0 Å². The van der Waals surface area contributed by atoms with Gasteiger partial charge in [0.2, 0.25) is 0 Å². The highest BCUT2D eigenvalue weighted by atomic mass is 15.1. The Morgan fingerprint density at radius 3 is 2.14 bits per heavy atom. The molecule has 1 N–H and O–H groups in total. The third kappa shape index (κ3) is 4.01. The average molecular weight is 282 g/mol. The van der Waals surface area contributed by atoms with Crippen LogP contribution >= 0.6 is 0 Å². The first kappa shape index (κ1) is 15.4. The van der Waals surface area contributed by atoms with E-state index in [9.17, 15) is 0 Å². The van der Waals surface area contributed by atoms with Gasteiger partial charge >= 0.3 is 0 Å². The van der Waals surface area contributed by atoms with Gasteiger partial charge in [0.15, 0.2) is 0 Å². The molecule has 2 heteroatoms. The van der Waals surface area contributed by atoms with E-state index < -0.39 is 0 Å². The summed E-state index contributed by atoms with van der Waals surface area (Å²) in [5.74, 6) is 0. The average Bonchev–Trinajstić information content (AvgIpc) is 2.49. The summed E-state index contributed by atoms with van der Waals surface area (Å²) < 4.78 is 0. The first-order chi connectivity index (χ1) is 10.1. The highest BCUT2D eigenvalue weighted by Gasteiger charge is 2.04. The molecular formula is C19H26N2. The van der Waals surface area contributed by atoms with Crippen molar-refractivity contribution < 1.29 is 0 Å². The summed E-state index contributed by atoms with van der Waals surface area (Å²) in [5, 5.41) is 3.53. The second kappa shape index (κ2) is 7.16. The highest BCUT2D eigenvalue weighted by molar-refractivity contribution is 5.60. The normalized spacial score (nSPS) is 10.5. The third-order valence-electron chi connectivity index (χ3n) is 3.94. The highest BCUT2D eigenvalue weighted by Crippen LogP contribution is 2.23. The molecule has 112 valence electrons. The summed E-state index contributed by atoms with van der Waals surface area (Å²) in [4.78, 5) is 2.37. The van der Waals surface area contributed by atoms with E-state index in [4.69, 9.17) is 0 Å². The number of benzene rings is 2. The van der Waals surface area contributed by atoms with Crippen LogP contribution in [-0.2, 0) is 6.54 Å². The van der Waals surface area contributed by atoms with Crippen LogP contribution in [0.1, 0.15) is 30.5 Å². The van der Waals surface area contributed by atoms with E-state index >= 15 is 0 Å². The molecule has 0 unspecified atom stereocenters. The van der Waals surface area contributed by atoms with Crippen LogP contribution in [0.3, 0.4) is 0 Å². The van der Waals surface area contributed by atoms with Gasteiger partial charge in [-0.05, 0) is 57.0 Å². The zero-order chi connectivity index (χ0) is 15.2. The van der Waals surface area contributed by atoms with Crippen molar-refractivity contribution >= 4 is 11.4 Å². The maximum Gasteiger partial charge on any atom is 0.0400 e. The van der Waals surface area contributed by atoms with E-state index in [1.165, 1.54) is 28.1 Å². The minimum Gasteiger partial charge on any atom is -0.381 e. The number of nitrogens with one attached hydrogen (secondary N) is 1. The van der Waals surface area contributed by atoms with Gasteiger partial charge in [-0.25, -0.2) is 0 Å². The molecule has 0 saturated heterocycles. The minimum atomic E-state index is 0.867. The van der Waals surface area contributed by atoms with Crippen molar-refractivity contribution in [3.63, 3.8) is 0 Å². The summed E-state index contributed by atoms with van der Waals surface area (Å²) in [6.45, 7) is 11.6. The molecule has 0 aliphatic rings. The number of nitrogens with zero attached hydrogens (tertiary/aromatic N) is 1. The van der Waals surface area contributed by atoms with Crippen LogP contribution in [-0.4, -0.2) is 13.1 Å². The monoisotopic (exact) mass is 282 g/mol. The molecule has 0 bridgehead atoms. The Morgan fingerprint density at radius 2 is 1.57 bits per heavy atom. The van der Waals surface area contributed by atoms with E-state index in [1.54, 1.807) is 0 Å². The standard InChI is InChI=1S/C19H26N2/c1-5-21(6-2)18-11-12-19(16(4)13-18)20-14-17-9-7-15(3)8-10-17/h7-13,20H,5-6,14H2,1-4H3. The summed E-state index contributed by atoms with van der Waals surface area (Å²) in [7, 11) is 0. The van der Waals surface area contributed by atoms with E-state index in [0.717, 1.165) is 19.6 Å². The molecule has 21 heavy (non-hydrogen) atoms. The molecule has 0 aliphatic heterocycles. The van der Waals surface area contributed by atoms with Crippen molar-refractivity contribution in [2.24, 2.45) is 0 Å². The predicted molar refractivity (Wildman–Crippen MR) is 93.2 cm³/mol. The SMILES string of the molecule is CCN(CC)c1ccc(NCc2ccc(C)cc2)c(C)c1. The molecule has 0 fully saturated rings. The lowest BCUT2D eigenvalue weighted by Gasteiger charge is -2.22. The lowest BCUT2D eigenvalue weighted by Crippen LogP contribution is -2.21. The molecule has 0 aliphatic carbocycles. The molecule has 0 spiro atoms. The quantitative estimate of drug-likeness (QED) is 0.821. The molecule has 2 aromatic carbocycles. The molecule has 0 radical (unpaired) electrons. The van der Waals surface area contributed by atoms with Crippen molar-refractivity contribution in [2.45, 2.75) is 34.2 Å². The zero-order valence-electron chi connectivity index (χ0n) is 13.6. The van der Waals surface area contributed by atoms with Gasteiger partial charge in [0.05, 0.1) is 0 Å². The van der Waals surface area contributed by atoms with E-state index in [2.05, 4.69) is 80.4 Å². The molecule has 2 aromatic rings. The third-order valence-corrected chi connectivity index (χ3v) is 3.94. The van der Waals surface area contributed by atoms with Crippen molar-refractivity contribution in [3.8, 4) is 0 Å². The van der Waals surface area contributed by atoms with E-state index in [-0.39, 0.29) is 0 Å². The van der Waals surface area contributed by atoms with Crippen LogP contribution in [0.25, 0.3) is 0 Å². The largest absolute Gasteiger partial charge is 0.381 e. The summed E-state index contributed by atoms with van der Waals surface area (Å²) in [6.07, 6.45) is 0. The topological polar surface area (TPSA) is 15.3 Å². The summed E-state index contributed by atoms with van der Waals surface area (Å²) in [5.41, 5.74) is 6.43. The zero-order valence-corrected chi connectivity index (χ0v) is 13.6. The fraction of sp³-hybridized carbons (Fsp3) is 0.368. The molecule has 0 aromatic heterocycles. The van der Waals surface area contributed by atoms with E-state index in [1.807, 2.05) is 0 Å². The van der Waals surface area contributed by atoms with Gasteiger partial charge in [-0.15, -0.1) is 0 Å². The number of anilines is 2. The van der Waals surface area contributed by atoms with Crippen LogP contribution in [0.2, 0.25) is 0 Å². The Kier molecular flexibility index (Phi) is 5.26. The maximum atomic E-state index is 3.53. The number of hydrogen-bond donors (Lipinski definition) is 1. The Hall–Kier alpha value is -1.96. The molecule has 0 heterocycles. The lowest BCUT2D eigenvalue weighted by molar-refractivity contribution is 0.865. The van der Waals surface area contributed by atoms with Gasteiger partial charge in [-0.3, -0.25) is 0 Å². The molecule has 0 amide bonds. The maximum absolute atomic E-state index is 3.53. The molecule has 2 rings (SSSR count). The van der Waals surface area contributed by atoms with Gasteiger partial charge in [-0.2, -0.15) is 0 Å². The number of rotatable bonds is 6. The van der Waals surface area contributed by atoms with Crippen LogP contribution in [0.5, 0.6) is 0 Å². The second-order valence-corrected chi connectivity index (χ2v) is 5.51. The fourth-order valence-corrected chi connectivity index (χ4v) is 2.53. The minimum absolute atomic E-state index is 0.867. The van der Waals surface area contributed by atoms with Crippen molar-refractivity contribution in [2.75, 3.05) is 23.3 Å². The lowest BCUT2D eigenvalue weighted by atomic mass is 10.1. The van der Waals surface area contributed by atoms with Gasteiger partial charge in [-0.1, -0.05) is 29.8 Å².